The van der Waals surface area contributed by atoms with E-state index in [1.165, 1.54) is 6.42 Å². The molecule has 1 unspecified atom stereocenters. The van der Waals surface area contributed by atoms with Crippen molar-refractivity contribution in [2.75, 3.05) is 20.1 Å². The zero-order chi connectivity index (χ0) is 13.1. The van der Waals surface area contributed by atoms with Gasteiger partial charge < -0.3 is 10.2 Å². The minimum absolute atomic E-state index is 0.218. The molecule has 1 atom stereocenters. The quantitative estimate of drug-likeness (QED) is 0.817. The third-order valence-corrected chi connectivity index (χ3v) is 3.61. The van der Waals surface area contributed by atoms with Crippen LogP contribution in [0, 0.1) is 11.3 Å². The Hall–Kier alpha value is -0.570. The van der Waals surface area contributed by atoms with E-state index in [2.05, 4.69) is 33.0 Å². The smallest absolute Gasteiger partial charge is 0.228 e. The van der Waals surface area contributed by atoms with Crippen LogP contribution >= 0.6 is 0 Å². The first kappa shape index (κ1) is 14.5. The molecule has 0 aromatic carbocycles. The van der Waals surface area contributed by atoms with Gasteiger partial charge in [-0.3, -0.25) is 4.79 Å². The van der Waals surface area contributed by atoms with Crippen molar-refractivity contribution in [1.82, 2.24) is 10.2 Å². The number of carbonyl (C=O) groups is 1. The minimum atomic E-state index is -0.218. The van der Waals surface area contributed by atoms with Crippen LogP contribution < -0.4 is 5.32 Å². The molecule has 0 radical (unpaired) electrons. The Labute approximate surface area is 106 Å². The highest BCUT2D eigenvalue weighted by Gasteiger charge is 2.34. The Morgan fingerprint density at radius 2 is 2.12 bits per heavy atom. The van der Waals surface area contributed by atoms with Gasteiger partial charge in [-0.1, -0.05) is 27.7 Å². The van der Waals surface area contributed by atoms with Gasteiger partial charge in [0.05, 0.1) is 0 Å². The van der Waals surface area contributed by atoms with Crippen molar-refractivity contribution in [2.45, 2.75) is 53.0 Å². The molecule has 1 aliphatic heterocycles. The van der Waals surface area contributed by atoms with Gasteiger partial charge in [0, 0.05) is 24.5 Å². The van der Waals surface area contributed by atoms with E-state index in [-0.39, 0.29) is 5.41 Å². The van der Waals surface area contributed by atoms with Crippen LogP contribution in [0.3, 0.4) is 0 Å². The largest absolute Gasteiger partial charge is 0.341 e. The molecule has 0 bridgehead atoms. The Morgan fingerprint density at radius 3 is 2.65 bits per heavy atom. The second kappa shape index (κ2) is 5.85. The summed E-state index contributed by atoms with van der Waals surface area (Å²) >= 11 is 0. The summed E-state index contributed by atoms with van der Waals surface area (Å²) in [7, 11) is 1.98. The zero-order valence-corrected chi connectivity index (χ0v) is 12.0. The molecule has 1 rings (SSSR count). The molecule has 1 heterocycles. The van der Waals surface area contributed by atoms with Crippen LogP contribution in [-0.4, -0.2) is 37.0 Å². The standard InChI is InChI=1S/C14H28N2O/c1-11(2)9-14(3,4)13(17)16-8-6-7-12(10-16)15-5/h11-12,15H,6-10H2,1-5H3. The van der Waals surface area contributed by atoms with Crippen molar-refractivity contribution in [2.24, 2.45) is 11.3 Å². The average molecular weight is 240 g/mol. The van der Waals surface area contributed by atoms with E-state index in [9.17, 15) is 4.79 Å². The van der Waals surface area contributed by atoms with Crippen molar-refractivity contribution in [3.05, 3.63) is 0 Å². The van der Waals surface area contributed by atoms with Gasteiger partial charge in [-0.15, -0.1) is 0 Å². The second-order valence-corrected chi connectivity index (χ2v) is 6.36. The molecule has 1 N–H and O–H groups in total. The SMILES string of the molecule is CNC1CCCN(C(=O)C(C)(C)CC(C)C)C1. The predicted molar refractivity (Wildman–Crippen MR) is 71.9 cm³/mol. The first-order valence-electron chi connectivity index (χ1n) is 6.83. The topological polar surface area (TPSA) is 32.3 Å². The number of nitrogens with one attached hydrogen (secondary N) is 1. The molecule has 1 fully saturated rings. The van der Waals surface area contributed by atoms with Gasteiger partial charge in [0.1, 0.15) is 0 Å². The van der Waals surface area contributed by atoms with Crippen molar-refractivity contribution >= 4 is 5.91 Å². The van der Waals surface area contributed by atoms with Crippen LogP contribution in [0.1, 0.15) is 47.0 Å². The number of likely N-dealkylation sites (tertiary alicyclic amines) is 1. The van der Waals surface area contributed by atoms with Crippen LogP contribution in [0.2, 0.25) is 0 Å². The number of piperidine rings is 1. The molecule has 0 saturated carbocycles. The van der Waals surface area contributed by atoms with Crippen LogP contribution in [0.25, 0.3) is 0 Å². The molecule has 0 aromatic rings. The summed E-state index contributed by atoms with van der Waals surface area (Å²) < 4.78 is 0. The molecule has 3 heteroatoms. The van der Waals surface area contributed by atoms with E-state index < -0.39 is 0 Å². The number of amides is 1. The summed E-state index contributed by atoms with van der Waals surface area (Å²) in [6.07, 6.45) is 3.27. The monoisotopic (exact) mass is 240 g/mol. The molecular weight excluding hydrogens is 212 g/mol. The lowest BCUT2D eigenvalue weighted by atomic mass is 9.82. The molecule has 0 aliphatic carbocycles. The van der Waals surface area contributed by atoms with Crippen molar-refractivity contribution in [3.8, 4) is 0 Å². The van der Waals surface area contributed by atoms with Gasteiger partial charge in [0.25, 0.3) is 0 Å². The normalized spacial score (nSPS) is 22.0. The molecule has 1 amide bonds. The number of rotatable bonds is 4. The van der Waals surface area contributed by atoms with Crippen molar-refractivity contribution in [3.63, 3.8) is 0 Å². The molecule has 0 aromatic heterocycles. The highest BCUT2D eigenvalue weighted by Crippen LogP contribution is 2.29. The third kappa shape index (κ3) is 3.98. The molecule has 17 heavy (non-hydrogen) atoms. The highest BCUT2D eigenvalue weighted by atomic mass is 16.2. The van der Waals surface area contributed by atoms with Crippen LogP contribution in [0.15, 0.2) is 0 Å². The molecule has 3 nitrogen and oxygen atoms in total. The Bertz CT molecular complexity index is 261. The van der Waals surface area contributed by atoms with Gasteiger partial charge >= 0.3 is 0 Å². The number of hydrogen-bond acceptors (Lipinski definition) is 2. The summed E-state index contributed by atoms with van der Waals surface area (Å²) in [5.41, 5.74) is -0.218. The lowest BCUT2D eigenvalue weighted by molar-refractivity contribution is -0.142. The molecule has 1 saturated heterocycles. The summed E-state index contributed by atoms with van der Waals surface area (Å²) in [5, 5.41) is 3.29. The van der Waals surface area contributed by atoms with Crippen molar-refractivity contribution in [1.29, 1.82) is 0 Å². The van der Waals surface area contributed by atoms with Crippen LogP contribution in [0.4, 0.5) is 0 Å². The van der Waals surface area contributed by atoms with E-state index in [1.54, 1.807) is 0 Å². The number of likely N-dealkylation sites (N-methyl/N-ethyl adjacent to an activating group) is 1. The lowest BCUT2D eigenvalue weighted by Crippen LogP contribution is -2.51. The van der Waals surface area contributed by atoms with Gasteiger partial charge in [0.2, 0.25) is 5.91 Å². The van der Waals surface area contributed by atoms with Gasteiger partial charge in [-0.25, -0.2) is 0 Å². The lowest BCUT2D eigenvalue weighted by Gasteiger charge is -2.38. The van der Waals surface area contributed by atoms with E-state index in [0.717, 1.165) is 25.9 Å². The third-order valence-electron chi connectivity index (χ3n) is 3.61. The molecule has 1 aliphatic rings. The number of nitrogens with zero attached hydrogens (tertiary/aromatic N) is 1. The Morgan fingerprint density at radius 1 is 1.47 bits per heavy atom. The fraction of sp³-hybridized carbons (Fsp3) is 0.929. The van der Waals surface area contributed by atoms with Crippen LogP contribution in [0.5, 0.6) is 0 Å². The number of hydrogen-bond donors (Lipinski definition) is 1. The summed E-state index contributed by atoms with van der Waals surface area (Å²) in [5.74, 6) is 0.894. The fourth-order valence-electron chi connectivity index (χ4n) is 2.93. The summed E-state index contributed by atoms with van der Waals surface area (Å²) in [4.78, 5) is 14.6. The predicted octanol–water partition coefficient (Wildman–Crippen LogP) is 2.27. The van der Waals surface area contributed by atoms with Crippen molar-refractivity contribution < 1.29 is 4.79 Å². The maximum Gasteiger partial charge on any atom is 0.228 e. The maximum atomic E-state index is 12.5. The molecular formula is C14H28N2O. The van der Waals surface area contributed by atoms with Gasteiger partial charge in [-0.2, -0.15) is 0 Å². The average Bonchev–Trinajstić information content (AvgIpc) is 2.26. The highest BCUT2D eigenvalue weighted by molar-refractivity contribution is 5.82. The van der Waals surface area contributed by atoms with E-state index in [0.29, 0.717) is 17.9 Å². The summed E-state index contributed by atoms with van der Waals surface area (Å²) in [6, 6.07) is 0.475. The van der Waals surface area contributed by atoms with E-state index in [4.69, 9.17) is 0 Å². The van der Waals surface area contributed by atoms with E-state index >= 15 is 0 Å². The number of carbonyl (C=O) groups excluding carboxylic acids is 1. The van der Waals surface area contributed by atoms with Crippen LogP contribution in [-0.2, 0) is 4.79 Å². The first-order valence-corrected chi connectivity index (χ1v) is 6.83. The zero-order valence-electron chi connectivity index (χ0n) is 12.0. The van der Waals surface area contributed by atoms with Gasteiger partial charge in [-0.05, 0) is 32.2 Å². The van der Waals surface area contributed by atoms with E-state index in [1.807, 2.05) is 11.9 Å². The fourth-order valence-corrected chi connectivity index (χ4v) is 2.93. The second-order valence-electron chi connectivity index (χ2n) is 6.36. The summed E-state index contributed by atoms with van der Waals surface area (Å²) in [6.45, 7) is 10.3. The molecule has 0 spiro atoms. The first-order chi connectivity index (χ1) is 7.86. The minimum Gasteiger partial charge on any atom is -0.341 e. The van der Waals surface area contributed by atoms with Gasteiger partial charge in [0.15, 0.2) is 0 Å². The maximum absolute atomic E-state index is 12.5. The molecule has 100 valence electrons. The Kier molecular flexibility index (Phi) is 4.99. The Balaban J connectivity index is 2.62.